The highest BCUT2D eigenvalue weighted by atomic mass is 16.5. The van der Waals surface area contributed by atoms with E-state index in [1.807, 2.05) is 34.9 Å². The topological polar surface area (TPSA) is 90.7 Å². The first kappa shape index (κ1) is 20.9. The number of aryl methyl sites for hydroxylation is 2. The summed E-state index contributed by atoms with van der Waals surface area (Å²) in [7, 11) is 0. The molecule has 1 aromatic heterocycles. The first-order valence-corrected chi connectivity index (χ1v) is 10.0. The maximum absolute atomic E-state index is 12.5. The molecule has 29 heavy (non-hydrogen) atoms. The number of rotatable bonds is 7. The maximum Gasteiger partial charge on any atom is 0.317 e. The Morgan fingerprint density at radius 1 is 1.17 bits per heavy atom. The van der Waals surface area contributed by atoms with Gasteiger partial charge in [0.25, 0.3) is 0 Å². The molecule has 0 bridgehead atoms. The summed E-state index contributed by atoms with van der Waals surface area (Å²) in [6.45, 7) is 6.62. The van der Waals surface area contributed by atoms with Crippen LogP contribution in [0.2, 0.25) is 0 Å². The summed E-state index contributed by atoms with van der Waals surface area (Å²) in [5.74, 6) is 0.943. The summed E-state index contributed by atoms with van der Waals surface area (Å²) < 4.78 is 4.94. The van der Waals surface area contributed by atoms with Crippen LogP contribution >= 0.6 is 0 Å². The lowest BCUT2D eigenvalue weighted by atomic mass is 10.1. The first-order chi connectivity index (χ1) is 14.0. The van der Waals surface area contributed by atoms with Crippen LogP contribution < -0.4 is 10.6 Å². The van der Waals surface area contributed by atoms with Gasteiger partial charge < -0.3 is 20.1 Å². The van der Waals surface area contributed by atoms with Gasteiger partial charge in [0.1, 0.15) is 5.76 Å². The highest BCUT2D eigenvalue weighted by Gasteiger charge is 2.23. The van der Waals surface area contributed by atoms with Crippen molar-refractivity contribution in [2.75, 3.05) is 38.0 Å². The van der Waals surface area contributed by atoms with Crippen LogP contribution in [0.15, 0.2) is 40.9 Å². The van der Waals surface area contributed by atoms with E-state index in [9.17, 15) is 9.59 Å². The van der Waals surface area contributed by atoms with Crippen molar-refractivity contribution in [3.05, 3.63) is 47.7 Å². The average Bonchev–Trinajstić information content (AvgIpc) is 3.12. The molecule has 1 fully saturated rings. The average molecular weight is 399 g/mol. The minimum Gasteiger partial charge on any atom is -0.360 e. The standard InChI is InChI=1S/C21H29N5O3/c1-16(8-9-18-6-4-3-5-7-18)22-21(28)26-12-10-25(11-13-26)15-20(27)23-19-14-17(2)29-24-19/h3-7,14,16H,8-13,15H2,1-2H3,(H,22,28)(H,23,24,27)/t16-/m0/s1. The third kappa shape index (κ3) is 6.60. The number of amides is 3. The van der Waals surface area contributed by atoms with Crippen molar-refractivity contribution < 1.29 is 14.1 Å². The van der Waals surface area contributed by atoms with Crippen molar-refractivity contribution in [1.82, 2.24) is 20.3 Å². The zero-order chi connectivity index (χ0) is 20.6. The Kier molecular flexibility index (Phi) is 7.24. The highest BCUT2D eigenvalue weighted by Crippen LogP contribution is 2.09. The van der Waals surface area contributed by atoms with Gasteiger partial charge in [0.15, 0.2) is 5.82 Å². The van der Waals surface area contributed by atoms with Crippen molar-refractivity contribution in [3.8, 4) is 0 Å². The van der Waals surface area contributed by atoms with Gasteiger partial charge in [0, 0.05) is 38.3 Å². The second kappa shape index (κ2) is 10.1. The molecule has 2 N–H and O–H groups in total. The third-order valence-electron chi connectivity index (χ3n) is 5.00. The molecule has 2 aromatic rings. The van der Waals surface area contributed by atoms with Crippen LogP contribution in [0.3, 0.4) is 0 Å². The predicted molar refractivity (Wildman–Crippen MR) is 111 cm³/mol. The van der Waals surface area contributed by atoms with E-state index in [0.29, 0.717) is 37.8 Å². The van der Waals surface area contributed by atoms with E-state index in [1.54, 1.807) is 13.0 Å². The largest absolute Gasteiger partial charge is 0.360 e. The van der Waals surface area contributed by atoms with Crippen molar-refractivity contribution in [2.45, 2.75) is 32.7 Å². The van der Waals surface area contributed by atoms with Crippen LogP contribution in [-0.4, -0.2) is 65.7 Å². The third-order valence-corrected chi connectivity index (χ3v) is 5.00. The molecule has 8 heteroatoms. The van der Waals surface area contributed by atoms with Crippen LogP contribution in [0.25, 0.3) is 0 Å². The van der Waals surface area contributed by atoms with Crippen molar-refractivity contribution in [3.63, 3.8) is 0 Å². The van der Waals surface area contributed by atoms with Gasteiger partial charge in [-0.3, -0.25) is 9.69 Å². The van der Waals surface area contributed by atoms with Crippen LogP contribution in [0.1, 0.15) is 24.7 Å². The van der Waals surface area contributed by atoms with Gasteiger partial charge >= 0.3 is 6.03 Å². The fourth-order valence-electron chi connectivity index (χ4n) is 3.32. The molecule has 1 aliphatic rings. The maximum atomic E-state index is 12.5. The van der Waals surface area contributed by atoms with Crippen molar-refractivity contribution >= 4 is 17.8 Å². The van der Waals surface area contributed by atoms with E-state index in [1.165, 1.54) is 5.56 Å². The Bertz CT molecular complexity index is 800. The number of carbonyl (C=O) groups is 2. The number of benzene rings is 1. The number of nitrogens with one attached hydrogen (secondary N) is 2. The number of hydrogen-bond donors (Lipinski definition) is 2. The molecule has 0 radical (unpaired) electrons. The van der Waals surface area contributed by atoms with E-state index in [4.69, 9.17) is 4.52 Å². The van der Waals surface area contributed by atoms with Crippen LogP contribution in [0.4, 0.5) is 10.6 Å². The van der Waals surface area contributed by atoms with Crippen LogP contribution in [0, 0.1) is 6.92 Å². The minimum absolute atomic E-state index is 0.0345. The molecule has 0 saturated carbocycles. The Labute approximate surface area is 171 Å². The summed E-state index contributed by atoms with van der Waals surface area (Å²) in [4.78, 5) is 28.4. The lowest BCUT2D eigenvalue weighted by molar-refractivity contribution is -0.117. The molecule has 1 atom stereocenters. The molecule has 0 aliphatic carbocycles. The zero-order valence-electron chi connectivity index (χ0n) is 17.1. The van der Waals surface area contributed by atoms with E-state index in [0.717, 1.165) is 12.8 Å². The number of urea groups is 1. The number of aromatic nitrogens is 1. The molecule has 1 saturated heterocycles. The molecule has 3 amide bonds. The number of anilines is 1. The predicted octanol–water partition coefficient (Wildman–Crippen LogP) is 2.27. The summed E-state index contributed by atoms with van der Waals surface area (Å²) in [6.07, 6.45) is 1.84. The molecule has 8 nitrogen and oxygen atoms in total. The Morgan fingerprint density at radius 3 is 2.55 bits per heavy atom. The van der Waals surface area contributed by atoms with Gasteiger partial charge in [0.2, 0.25) is 5.91 Å². The van der Waals surface area contributed by atoms with Crippen LogP contribution in [0.5, 0.6) is 0 Å². The number of carbonyl (C=O) groups excluding carboxylic acids is 2. The normalized spacial score (nSPS) is 15.7. The summed E-state index contributed by atoms with van der Waals surface area (Å²) >= 11 is 0. The molecule has 2 heterocycles. The van der Waals surface area contributed by atoms with Crippen LogP contribution in [-0.2, 0) is 11.2 Å². The minimum atomic E-state index is -0.134. The number of hydrogen-bond acceptors (Lipinski definition) is 5. The molecule has 0 spiro atoms. The van der Waals surface area contributed by atoms with E-state index in [2.05, 4.69) is 27.9 Å². The number of nitrogens with zero attached hydrogens (tertiary/aromatic N) is 3. The Balaban J connectivity index is 1.34. The lowest BCUT2D eigenvalue weighted by Gasteiger charge is -2.34. The Morgan fingerprint density at radius 2 is 1.90 bits per heavy atom. The Hall–Kier alpha value is -2.87. The van der Waals surface area contributed by atoms with Gasteiger partial charge in [-0.1, -0.05) is 35.5 Å². The lowest BCUT2D eigenvalue weighted by Crippen LogP contribution is -2.54. The SMILES string of the molecule is Cc1cc(NC(=O)CN2CCN(C(=O)N[C@@H](C)CCc3ccccc3)CC2)no1. The van der Waals surface area contributed by atoms with E-state index >= 15 is 0 Å². The fourth-order valence-corrected chi connectivity index (χ4v) is 3.32. The van der Waals surface area contributed by atoms with E-state index < -0.39 is 0 Å². The summed E-state index contributed by atoms with van der Waals surface area (Å²) in [5, 5.41) is 9.56. The first-order valence-electron chi connectivity index (χ1n) is 10.0. The molecular weight excluding hydrogens is 370 g/mol. The van der Waals surface area contributed by atoms with Gasteiger partial charge in [-0.15, -0.1) is 0 Å². The fraction of sp³-hybridized carbons (Fsp3) is 0.476. The molecule has 1 aromatic carbocycles. The second-order valence-corrected chi connectivity index (χ2v) is 7.51. The molecular formula is C21H29N5O3. The molecule has 0 unspecified atom stereocenters. The van der Waals surface area contributed by atoms with E-state index in [-0.39, 0.29) is 24.5 Å². The zero-order valence-corrected chi connectivity index (χ0v) is 17.1. The molecule has 1 aliphatic heterocycles. The van der Waals surface area contributed by atoms with Gasteiger partial charge in [-0.05, 0) is 32.3 Å². The quantitative estimate of drug-likeness (QED) is 0.745. The monoisotopic (exact) mass is 399 g/mol. The second-order valence-electron chi connectivity index (χ2n) is 7.51. The van der Waals surface area contributed by atoms with Gasteiger partial charge in [-0.2, -0.15) is 0 Å². The number of piperazine rings is 1. The van der Waals surface area contributed by atoms with Gasteiger partial charge in [0.05, 0.1) is 6.54 Å². The van der Waals surface area contributed by atoms with Crippen molar-refractivity contribution in [1.29, 1.82) is 0 Å². The smallest absolute Gasteiger partial charge is 0.317 e. The summed E-state index contributed by atoms with van der Waals surface area (Å²) in [5.41, 5.74) is 1.28. The van der Waals surface area contributed by atoms with Gasteiger partial charge in [-0.25, -0.2) is 4.79 Å². The molecule has 156 valence electrons. The van der Waals surface area contributed by atoms with Crippen molar-refractivity contribution in [2.24, 2.45) is 0 Å². The highest BCUT2D eigenvalue weighted by molar-refractivity contribution is 5.91. The summed E-state index contributed by atoms with van der Waals surface area (Å²) in [6, 6.07) is 12.0. The molecule has 3 rings (SSSR count).